The largest absolute Gasteiger partial charge is 0.486 e. The number of nitrogens with zero attached hydrogens (tertiary/aromatic N) is 2. The third kappa shape index (κ3) is 5.63. The molecule has 1 amide bonds. The maximum absolute atomic E-state index is 13.4. The first-order chi connectivity index (χ1) is 15.5. The first-order valence-electron chi connectivity index (χ1n) is 10.7. The van der Waals surface area contributed by atoms with Crippen molar-refractivity contribution >= 4 is 21.6 Å². The van der Waals surface area contributed by atoms with Crippen molar-refractivity contribution in [1.29, 1.82) is 0 Å². The molecule has 0 unspecified atom stereocenters. The number of sulfonamides is 1. The minimum Gasteiger partial charge on any atom is -0.486 e. The number of amides is 1. The number of anilines is 1. The summed E-state index contributed by atoms with van der Waals surface area (Å²) >= 11 is 0. The smallest absolute Gasteiger partial charge is 0.262 e. The number of aliphatic hydroxyl groups is 1. The van der Waals surface area contributed by atoms with Crippen LogP contribution in [0.2, 0.25) is 0 Å². The number of benzene rings is 2. The molecule has 0 radical (unpaired) electrons. The molecule has 180 valence electrons. The molecule has 3 rings (SSSR count). The molecule has 0 aliphatic carbocycles. The zero-order valence-electron chi connectivity index (χ0n) is 19.2. The van der Waals surface area contributed by atoms with E-state index in [1.807, 2.05) is 25.9 Å². The van der Waals surface area contributed by atoms with Gasteiger partial charge in [0, 0.05) is 19.0 Å². The molecule has 0 fully saturated rings. The van der Waals surface area contributed by atoms with Crippen LogP contribution < -0.4 is 9.46 Å². The fourth-order valence-corrected chi connectivity index (χ4v) is 4.78. The third-order valence-corrected chi connectivity index (χ3v) is 6.99. The van der Waals surface area contributed by atoms with Gasteiger partial charge in [-0.25, -0.2) is 12.8 Å². The lowest BCUT2D eigenvalue weighted by Gasteiger charge is -2.38. The molecule has 2 aromatic rings. The predicted octanol–water partition coefficient (Wildman–Crippen LogP) is 2.41. The van der Waals surface area contributed by atoms with Crippen molar-refractivity contribution in [3.63, 3.8) is 0 Å². The lowest BCUT2D eigenvalue weighted by Crippen LogP contribution is -2.49. The van der Waals surface area contributed by atoms with Gasteiger partial charge < -0.3 is 19.6 Å². The van der Waals surface area contributed by atoms with Gasteiger partial charge in [-0.05, 0) is 57.4 Å². The number of hydrogen-bond donors (Lipinski definition) is 2. The number of aliphatic hydroxyl groups excluding tert-OH is 1. The molecule has 1 aliphatic heterocycles. The summed E-state index contributed by atoms with van der Waals surface area (Å²) in [4.78, 5) is 16.8. The molecular weight excluding hydrogens is 449 g/mol. The maximum Gasteiger partial charge on any atom is 0.262 e. The monoisotopic (exact) mass is 479 g/mol. The Morgan fingerprint density at radius 3 is 2.52 bits per heavy atom. The molecular formula is C23H30FN3O5S. The third-order valence-electron chi connectivity index (χ3n) is 5.60. The second kappa shape index (κ2) is 10.1. The fourth-order valence-electron chi connectivity index (χ4n) is 3.72. The van der Waals surface area contributed by atoms with E-state index in [1.54, 1.807) is 24.0 Å². The van der Waals surface area contributed by atoms with Gasteiger partial charge in [0.05, 0.1) is 28.8 Å². The van der Waals surface area contributed by atoms with E-state index in [2.05, 4.69) is 4.72 Å². The van der Waals surface area contributed by atoms with Crippen molar-refractivity contribution in [2.75, 3.05) is 38.5 Å². The molecule has 8 nitrogen and oxygen atoms in total. The van der Waals surface area contributed by atoms with Crippen molar-refractivity contribution in [1.82, 2.24) is 9.80 Å². The molecule has 2 N–H and O–H groups in total. The van der Waals surface area contributed by atoms with Crippen LogP contribution in [0, 0.1) is 11.7 Å². The number of carbonyl (C=O) groups is 1. The van der Waals surface area contributed by atoms with Gasteiger partial charge in [0.15, 0.2) is 5.75 Å². The molecule has 33 heavy (non-hydrogen) atoms. The second-order valence-electron chi connectivity index (χ2n) is 8.63. The number of hydrogen-bond acceptors (Lipinski definition) is 6. The van der Waals surface area contributed by atoms with Crippen LogP contribution in [0.15, 0.2) is 47.4 Å². The van der Waals surface area contributed by atoms with Crippen LogP contribution in [0.3, 0.4) is 0 Å². The molecule has 3 atom stereocenters. The number of nitrogens with one attached hydrogen (secondary N) is 1. The van der Waals surface area contributed by atoms with Crippen molar-refractivity contribution in [2.24, 2.45) is 5.92 Å². The van der Waals surface area contributed by atoms with Gasteiger partial charge in [-0.15, -0.1) is 0 Å². The van der Waals surface area contributed by atoms with E-state index in [4.69, 9.17) is 4.74 Å². The van der Waals surface area contributed by atoms with E-state index < -0.39 is 21.9 Å². The van der Waals surface area contributed by atoms with E-state index in [9.17, 15) is 22.7 Å². The van der Waals surface area contributed by atoms with Crippen LogP contribution in [-0.4, -0.2) is 75.2 Å². The Bertz CT molecular complexity index is 1090. The van der Waals surface area contributed by atoms with Gasteiger partial charge in [-0.1, -0.05) is 13.0 Å². The summed E-state index contributed by atoms with van der Waals surface area (Å²) in [6.45, 7) is 4.42. The zero-order chi connectivity index (χ0) is 24.3. The summed E-state index contributed by atoms with van der Waals surface area (Å²) in [5.74, 6) is -0.877. The van der Waals surface area contributed by atoms with Crippen LogP contribution in [0.1, 0.15) is 24.2 Å². The van der Waals surface area contributed by atoms with Gasteiger partial charge in [-0.2, -0.15) is 0 Å². The Kier molecular flexibility index (Phi) is 7.61. The number of halogens is 1. The van der Waals surface area contributed by atoms with Gasteiger partial charge >= 0.3 is 0 Å². The lowest BCUT2D eigenvalue weighted by atomic mass is 9.99. The van der Waals surface area contributed by atoms with Crippen molar-refractivity contribution in [3.8, 4) is 5.75 Å². The molecule has 0 spiro atoms. The summed E-state index contributed by atoms with van der Waals surface area (Å²) in [7, 11) is -0.261. The summed E-state index contributed by atoms with van der Waals surface area (Å²) in [6, 6.07) is 8.69. The van der Waals surface area contributed by atoms with Gasteiger partial charge in [0.2, 0.25) is 0 Å². The molecule has 1 heterocycles. The highest BCUT2D eigenvalue weighted by Crippen LogP contribution is 2.36. The number of ether oxygens (including phenoxy) is 1. The first kappa shape index (κ1) is 24.9. The van der Waals surface area contributed by atoms with Crippen molar-refractivity contribution in [2.45, 2.75) is 30.9 Å². The van der Waals surface area contributed by atoms with E-state index in [0.29, 0.717) is 13.1 Å². The van der Waals surface area contributed by atoms with Crippen LogP contribution >= 0.6 is 0 Å². The van der Waals surface area contributed by atoms with Crippen LogP contribution in [-0.2, 0) is 10.0 Å². The summed E-state index contributed by atoms with van der Waals surface area (Å²) in [5, 5.41) is 9.71. The summed E-state index contributed by atoms with van der Waals surface area (Å²) < 4.78 is 47.9. The van der Waals surface area contributed by atoms with E-state index >= 15 is 0 Å². The normalized spacial score (nSPS) is 20.0. The first-order valence-corrected chi connectivity index (χ1v) is 12.2. The molecule has 0 aromatic heterocycles. The number of likely N-dealkylation sites (N-methyl/N-ethyl adjacent to an activating group) is 1. The lowest BCUT2D eigenvalue weighted by molar-refractivity contribution is 0.0366. The van der Waals surface area contributed by atoms with Crippen LogP contribution in [0.5, 0.6) is 5.75 Å². The second-order valence-corrected chi connectivity index (χ2v) is 10.3. The highest BCUT2D eigenvalue weighted by Gasteiger charge is 2.34. The molecule has 1 aliphatic rings. The molecule has 10 heteroatoms. The minimum atomic E-state index is -4.06. The van der Waals surface area contributed by atoms with Gasteiger partial charge in [-0.3, -0.25) is 9.52 Å². The summed E-state index contributed by atoms with van der Waals surface area (Å²) in [6.07, 6.45) is -0.350. The minimum absolute atomic E-state index is 0.0970. The fraction of sp³-hybridized carbons (Fsp3) is 0.435. The Morgan fingerprint density at radius 2 is 1.91 bits per heavy atom. The zero-order valence-corrected chi connectivity index (χ0v) is 20.0. The van der Waals surface area contributed by atoms with Crippen LogP contribution in [0.4, 0.5) is 10.1 Å². The van der Waals surface area contributed by atoms with E-state index in [-0.39, 0.29) is 46.4 Å². The van der Waals surface area contributed by atoms with Crippen molar-refractivity contribution in [3.05, 3.63) is 53.8 Å². The highest BCUT2D eigenvalue weighted by molar-refractivity contribution is 7.92. The number of para-hydroxylation sites is 1. The van der Waals surface area contributed by atoms with Crippen LogP contribution in [0.25, 0.3) is 0 Å². The van der Waals surface area contributed by atoms with Gasteiger partial charge in [0.1, 0.15) is 11.9 Å². The Balaban J connectivity index is 2.09. The Hall–Kier alpha value is -2.69. The standard InChI is InChI=1S/C23H30FN3O5S/c1-15-12-27(16(2)14-28)23(29)19-6-5-7-20(22(19)32-21(15)13-26(3)4)25-33(30,31)18-10-8-17(24)9-11-18/h5-11,15-16,21,25,28H,12-14H2,1-4H3/t15-,16-,21+/m1/s1. The average Bonchev–Trinajstić information content (AvgIpc) is 2.76. The predicted molar refractivity (Wildman–Crippen MR) is 123 cm³/mol. The molecule has 0 saturated heterocycles. The van der Waals surface area contributed by atoms with Gasteiger partial charge in [0.25, 0.3) is 15.9 Å². The molecule has 0 saturated carbocycles. The SMILES string of the molecule is C[C@@H]1CN([C@H](C)CO)C(=O)c2cccc(NS(=O)(=O)c3ccc(F)cc3)c2O[C@H]1CN(C)C. The van der Waals surface area contributed by atoms with E-state index in [1.165, 1.54) is 6.07 Å². The number of carbonyl (C=O) groups excluding carboxylic acids is 1. The maximum atomic E-state index is 13.4. The summed E-state index contributed by atoms with van der Waals surface area (Å²) in [5.41, 5.74) is 0.310. The Morgan fingerprint density at radius 1 is 1.24 bits per heavy atom. The number of rotatable bonds is 7. The Labute approximate surface area is 194 Å². The average molecular weight is 480 g/mol. The van der Waals surface area contributed by atoms with Crippen molar-refractivity contribution < 1.29 is 27.4 Å². The highest BCUT2D eigenvalue weighted by atomic mass is 32.2. The van der Waals surface area contributed by atoms with E-state index in [0.717, 1.165) is 24.3 Å². The molecule has 2 aromatic carbocycles. The topological polar surface area (TPSA) is 99.2 Å². The molecule has 0 bridgehead atoms. The number of fused-ring (bicyclic) bond motifs is 1. The quantitative estimate of drug-likeness (QED) is 0.633.